The molecule has 1 saturated carbocycles. The van der Waals surface area contributed by atoms with Crippen molar-refractivity contribution in [3.8, 4) is 0 Å². The Kier molecular flexibility index (Phi) is 3.25. The normalized spacial score (nSPS) is 39.5. The summed E-state index contributed by atoms with van der Waals surface area (Å²) in [4.78, 5) is 15.1. The molecule has 0 N–H and O–H groups in total. The van der Waals surface area contributed by atoms with Crippen LogP contribution < -0.4 is 0 Å². The van der Waals surface area contributed by atoms with Crippen LogP contribution >= 0.6 is 0 Å². The summed E-state index contributed by atoms with van der Waals surface area (Å²) in [6, 6.07) is 1.43. The van der Waals surface area contributed by atoms with Gasteiger partial charge in [0.2, 0.25) is 0 Å². The number of carbonyl (C=O) groups excluding carboxylic acids is 1. The van der Waals surface area contributed by atoms with Crippen molar-refractivity contribution in [3.63, 3.8) is 0 Å². The minimum Gasteiger partial charge on any atom is -0.300 e. The lowest BCUT2D eigenvalue weighted by Crippen LogP contribution is -2.43. The van der Waals surface area contributed by atoms with Crippen molar-refractivity contribution in [3.05, 3.63) is 0 Å². The van der Waals surface area contributed by atoms with Crippen LogP contribution in [0.15, 0.2) is 0 Å². The maximum absolute atomic E-state index is 12.6. The standard InChI is InChI=1S/C15H25NO/c1-16-13-7-8-14(16)10-12(9-13)15(17)11-5-3-2-4-6-11/h11-14H,2-10H2,1H3. The third-order valence-corrected chi connectivity index (χ3v) is 5.51. The van der Waals surface area contributed by atoms with E-state index in [1.165, 1.54) is 44.9 Å². The SMILES string of the molecule is CN1C2CCC1CC(C(=O)C1CCCCC1)C2. The summed E-state index contributed by atoms with van der Waals surface area (Å²) >= 11 is 0. The Morgan fingerprint density at radius 1 is 0.882 bits per heavy atom. The first-order chi connectivity index (χ1) is 8.25. The van der Waals surface area contributed by atoms with Crippen molar-refractivity contribution < 1.29 is 4.79 Å². The number of carbonyl (C=O) groups is 1. The second kappa shape index (κ2) is 4.72. The summed E-state index contributed by atoms with van der Waals surface area (Å²) in [5.74, 6) is 1.47. The third kappa shape index (κ3) is 2.16. The highest BCUT2D eigenvalue weighted by molar-refractivity contribution is 5.83. The van der Waals surface area contributed by atoms with Gasteiger partial charge in [-0.25, -0.2) is 0 Å². The van der Waals surface area contributed by atoms with E-state index >= 15 is 0 Å². The van der Waals surface area contributed by atoms with Gasteiger partial charge in [-0.1, -0.05) is 19.3 Å². The van der Waals surface area contributed by atoms with Crippen LogP contribution in [0.5, 0.6) is 0 Å². The molecule has 2 heterocycles. The number of piperidine rings is 1. The molecule has 3 aliphatic rings. The van der Waals surface area contributed by atoms with Crippen LogP contribution in [-0.2, 0) is 4.79 Å². The van der Waals surface area contributed by atoms with Gasteiger partial charge in [-0.3, -0.25) is 4.79 Å². The Labute approximate surface area is 105 Å². The highest BCUT2D eigenvalue weighted by atomic mass is 16.1. The zero-order valence-electron chi connectivity index (χ0n) is 11.0. The fourth-order valence-corrected chi connectivity index (χ4v) is 4.36. The Bertz CT molecular complexity index is 281. The van der Waals surface area contributed by atoms with E-state index in [1.807, 2.05) is 0 Å². The number of Topliss-reactive ketones (excluding diaryl/α,β-unsaturated/α-hetero) is 1. The average molecular weight is 235 g/mol. The molecule has 0 aromatic heterocycles. The summed E-state index contributed by atoms with van der Waals surface area (Å²) in [7, 11) is 2.25. The molecule has 0 spiro atoms. The molecule has 0 amide bonds. The fourth-order valence-electron chi connectivity index (χ4n) is 4.36. The summed E-state index contributed by atoms with van der Waals surface area (Å²) in [5, 5.41) is 0. The van der Waals surface area contributed by atoms with Crippen molar-refractivity contribution in [1.29, 1.82) is 0 Å². The monoisotopic (exact) mass is 235 g/mol. The Balaban J connectivity index is 1.63. The van der Waals surface area contributed by atoms with Crippen LogP contribution in [0.4, 0.5) is 0 Å². The highest BCUT2D eigenvalue weighted by Crippen LogP contribution is 2.40. The minimum atomic E-state index is 0.409. The largest absolute Gasteiger partial charge is 0.300 e. The molecular formula is C15H25NO. The molecule has 2 atom stereocenters. The Morgan fingerprint density at radius 2 is 1.47 bits per heavy atom. The Hall–Kier alpha value is -0.370. The molecular weight excluding hydrogens is 210 g/mol. The van der Waals surface area contributed by atoms with Crippen LogP contribution in [-0.4, -0.2) is 29.8 Å². The summed E-state index contributed by atoms with van der Waals surface area (Å²) in [6.45, 7) is 0. The van der Waals surface area contributed by atoms with Gasteiger partial charge in [-0.15, -0.1) is 0 Å². The van der Waals surface area contributed by atoms with Gasteiger partial charge in [0.1, 0.15) is 5.78 Å². The van der Waals surface area contributed by atoms with Crippen LogP contribution in [0.1, 0.15) is 57.8 Å². The molecule has 96 valence electrons. The minimum absolute atomic E-state index is 0.409. The van der Waals surface area contributed by atoms with Gasteiger partial charge < -0.3 is 4.90 Å². The van der Waals surface area contributed by atoms with Crippen molar-refractivity contribution in [2.75, 3.05) is 7.05 Å². The maximum atomic E-state index is 12.6. The zero-order chi connectivity index (χ0) is 11.8. The van der Waals surface area contributed by atoms with E-state index in [9.17, 15) is 4.79 Å². The fraction of sp³-hybridized carbons (Fsp3) is 0.933. The lowest BCUT2D eigenvalue weighted by Gasteiger charge is -2.37. The molecule has 0 aromatic carbocycles. The maximum Gasteiger partial charge on any atom is 0.139 e. The predicted molar refractivity (Wildman–Crippen MR) is 68.9 cm³/mol. The highest BCUT2D eigenvalue weighted by Gasteiger charge is 2.42. The van der Waals surface area contributed by atoms with Crippen LogP contribution in [0.2, 0.25) is 0 Å². The third-order valence-electron chi connectivity index (χ3n) is 5.51. The summed E-state index contributed by atoms with van der Waals surface area (Å²) in [5.41, 5.74) is 0. The van der Waals surface area contributed by atoms with Gasteiger partial charge in [-0.05, 0) is 45.6 Å². The van der Waals surface area contributed by atoms with Gasteiger partial charge in [0.05, 0.1) is 0 Å². The van der Waals surface area contributed by atoms with E-state index in [0.29, 0.717) is 29.7 Å². The van der Waals surface area contributed by atoms with E-state index in [-0.39, 0.29) is 0 Å². The van der Waals surface area contributed by atoms with Crippen molar-refractivity contribution >= 4 is 5.78 Å². The zero-order valence-corrected chi connectivity index (χ0v) is 11.0. The van der Waals surface area contributed by atoms with E-state index in [0.717, 1.165) is 12.8 Å². The molecule has 0 aromatic rings. The van der Waals surface area contributed by atoms with E-state index < -0.39 is 0 Å². The summed E-state index contributed by atoms with van der Waals surface area (Å²) in [6.07, 6.45) is 11.3. The molecule has 2 heteroatoms. The molecule has 17 heavy (non-hydrogen) atoms. The molecule has 3 rings (SSSR count). The van der Waals surface area contributed by atoms with E-state index in [4.69, 9.17) is 0 Å². The van der Waals surface area contributed by atoms with Gasteiger partial charge in [0.15, 0.2) is 0 Å². The van der Waals surface area contributed by atoms with Gasteiger partial charge >= 0.3 is 0 Å². The van der Waals surface area contributed by atoms with Crippen molar-refractivity contribution in [2.24, 2.45) is 11.8 Å². The van der Waals surface area contributed by atoms with Gasteiger partial charge in [0, 0.05) is 23.9 Å². The summed E-state index contributed by atoms with van der Waals surface area (Å²) < 4.78 is 0. The first-order valence-corrected chi connectivity index (χ1v) is 7.51. The molecule has 2 aliphatic heterocycles. The van der Waals surface area contributed by atoms with Crippen molar-refractivity contribution in [2.45, 2.75) is 69.9 Å². The van der Waals surface area contributed by atoms with E-state index in [2.05, 4.69) is 11.9 Å². The van der Waals surface area contributed by atoms with Gasteiger partial charge in [-0.2, -0.15) is 0 Å². The van der Waals surface area contributed by atoms with Crippen LogP contribution in [0, 0.1) is 11.8 Å². The van der Waals surface area contributed by atoms with E-state index in [1.54, 1.807) is 0 Å². The topological polar surface area (TPSA) is 20.3 Å². The number of ketones is 1. The van der Waals surface area contributed by atoms with Gasteiger partial charge in [0.25, 0.3) is 0 Å². The number of nitrogens with zero attached hydrogens (tertiary/aromatic N) is 1. The first kappa shape index (κ1) is 11.7. The smallest absolute Gasteiger partial charge is 0.139 e. The van der Waals surface area contributed by atoms with Crippen molar-refractivity contribution in [1.82, 2.24) is 4.90 Å². The number of hydrogen-bond acceptors (Lipinski definition) is 2. The molecule has 1 aliphatic carbocycles. The van der Waals surface area contributed by atoms with Crippen LogP contribution in [0.25, 0.3) is 0 Å². The molecule has 2 bridgehead atoms. The van der Waals surface area contributed by atoms with Crippen LogP contribution in [0.3, 0.4) is 0 Å². The lowest BCUT2D eigenvalue weighted by atomic mass is 9.77. The molecule has 2 saturated heterocycles. The Morgan fingerprint density at radius 3 is 2.06 bits per heavy atom. The number of fused-ring (bicyclic) bond motifs is 2. The predicted octanol–water partition coefficient (Wildman–Crippen LogP) is 3.01. The second-order valence-electron chi connectivity index (χ2n) is 6.46. The second-order valence-corrected chi connectivity index (χ2v) is 6.46. The first-order valence-electron chi connectivity index (χ1n) is 7.51. The molecule has 2 unspecified atom stereocenters. The molecule has 2 nitrogen and oxygen atoms in total. The number of rotatable bonds is 2. The molecule has 3 fully saturated rings. The quantitative estimate of drug-likeness (QED) is 0.733. The lowest BCUT2D eigenvalue weighted by molar-refractivity contribution is -0.130. The molecule has 0 radical (unpaired) electrons. The average Bonchev–Trinajstić information content (AvgIpc) is 2.61. The number of hydrogen-bond donors (Lipinski definition) is 0.